The third-order valence-corrected chi connectivity index (χ3v) is 4.74. The fourth-order valence-electron chi connectivity index (χ4n) is 3.29. The first-order valence-electron chi connectivity index (χ1n) is 7.30. The SMILES string of the molecule is CN(C)C1(CNC(=O)[C@@H]2CCCNC2)CCCC1.Cl.Cl. The fraction of sp³-hybridized carbons (Fsp3) is 0.929. The van der Waals surface area contributed by atoms with E-state index in [1.165, 1.54) is 25.7 Å². The van der Waals surface area contributed by atoms with E-state index in [9.17, 15) is 4.79 Å². The van der Waals surface area contributed by atoms with Gasteiger partial charge in [-0.3, -0.25) is 4.79 Å². The highest BCUT2D eigenvalue weighted by atomic mass is 35.5. The normalized spacial score (nSPS) is 24.6. The molecule has 0 aromatic carbocycles. The van der Waals surface area contributed by atoms with Crippen molar-refractivity contribution in [1.29, 1.82) is 0 Å². The first-order valence-corrected chi connectivity index (χ1v) is 7.30. The van der Waals surface area contributed by atoms with Crippen LogP contribution in [0.25, 0.3) is 0 Å². The monoisotopic (exact) mass is 325 g/mol. The van der Waals surface area contributed by atoms with Gasteiger partial charge in [0.25, 0.3) is 0 Å². The summed E-state index contributed by atoms with van der Waals surface area (Å²) in [5.41, 5.74) is 0.206. The predicted octanol–water partition coefficient (Wildman–Crippen LogP) is 1.82. The molecule has 2 aliphatic rings. The molecule has 1 heterocycles. The van der Waals surface area contributed by atoms with Crippen molar-refractivity contribution in [1.82, 2.24) is 15.5 Å². The number of carbonyl (C=O) groups excluding carboxylic acids is 1. The molecule has 0 spiro atoms. The van der Waals surface area contributed by atoms with Crippen LogP contribution < -0.4 is 10.6 Å². The van der Waals surface area contributed by atoms with E-state index in [0.29, 0.717) is 0 Å². The maximum absolute atomic E-state index is 12.2. The molecule has 2 rings (SSSR count). The van der Waals surface area contributed by atoms with E-state index >= 15 is 0 Å². The van der Waals surface area contributed by atoms with Gasteiger partial charge in [0, 0.05) is 18.6 Å². The third-order valence-electron chi connectivity index (χ3n) is 4.74. The first-order chi connectivity index (χ1) is 8.64. The third kappa shape index (κ3) is 4.76. The van der Waals surface area contributed by atoms with Crippen LogP contribution in [0.1, 0.15) is 38.5 Å². The summed E-state index contributed by atoms with van der Waals surface area (Å²) in [6.45, 7) is 2.72. The molecule has 0 unspecified atom stereocenters. The minimum absolute atomic E-state index is 0. The van der Waals surface area contributed by atoms with Crippen molar-refractivity contribution in [2.24, 2.45) is 5.92 Å². The van der Waals surface area contributed by atoms with Gasteiger partial charge in [0.2, 0.25) is 5.91 Å². The van der Waals surface area contributed by atoms with E-state index in [0.717, 1.165) is 32.5 Å². The minimum atomic E-state index is 0. The molecule has 1 saturated carbocycles. The molecule has 0 bridgehead atoms. The molecule has 20 heavy (non-hydrogen) atoms. The van der Waals surface area contributed by atoms with Crippen LogP contribution in [0.2, 0.25) is 0 Å². The summed E-state index contributed by atoms with van der Waals surface area (Å²) in [6.07, 6.45) is 7.16. The average Bonchev–Trinajstić information content (AvgIpc) is 2.87. The Bertz CT molecular complexity index is 288. The van der Waals surface area contributed by atoms with Crippen molar-refractivity contribution in [3.8, 4) is 0 Å². The van der Waals surface area contributed by atoms with Crippen LogP contribution in [-0.2, 0) is 4.79 Å². The lowest BCUT2D eigenvalue weighted by Gasteiger charge is -2.37. The van der Waals surface area contributed by atoms with Crippen molar-refractivity contribution >= 4 is 30.7 Å². The second kappa shape index (κ2) is 9.08. The molecule has 4 nitrogen and oxygen atoms in total. The fourth-order valence-corrected chi connectivity index (χ4v) is 3.29. The maximum Gasteiger partial charge on any atom is 0.224 e. The highest BCUT2D eigenvalue weighted by molar-refractivity contribution is 5.85. The Labute approximate surface area is 135 Å². The summed E-state index contributed by atoms with van der Waals surface area (Å²) in [4.78, 5) is 14.5. The first kappa shape index (κ1) is 20.0. The molecule has 120 valence electrons. The molecule has 2 fully saturated rings. The van der Waals surface area contributed by atoms with Crippen LogP contribution in [0.4, 0.5) is 0 Å². The molecule has 1 aliphatic heterocycles. The summed E-state index contributed by atoms with van der Waals surface area (Å²) in [7, 11) is 4.28. The summed E-state index contributed by atoms with van der Waals surface area (Å²) < 4.78 is 0. The van der Waals surface area contributed by atoms with Gasteiger partial charge >= 0.3 is 0 Å². The van der Waals surface area contributed by atoms with Gasteiger partial charge in [-0.05, 0) is 46.3 Å². The number of rotatable bonds is 4. The predicted molar refractivity (Wildman–Crippen MR) is 88.0 cm³/mol. The summed E-state index contributed by atoms with van der Waals surface area (Å²) in [5, 5.41) is 6.50. The van der Waals surface area contributed by atoms with Gasteiger partial charge < -0.3 is 15.5 Å². The molecule has 1 amide bonds. The van der Waals surface area contributed by atoms with Crippen LogP contribution in [0.3, 0.4) is 0 Å². The van der Waals surface area contributed by atoms with Gasteiger partial charge in [0.1, 0.15) is 0 Å². The van der Waals surface area contributed by atoms with E-state index < -0.39 is 0 Å². The second-order valence-electron chi connectivity index (χ2n) is 6.09. The summed E-state index contributed by atoms with van der Waals surface area (Å²) in [6, 6.07) is 0. The molecule has 1 saturated heterocycles. The van der Waals surface area contributed by atoms with Gasteiger partial charge in [0.05, 0.1) is 5.92 Å². The van der Waals surface area contributed by atoms with E-state index in [1.54, 1.807) is 0 Å². The minimum Gasteiger partial charge on any atom is -0.354 e. The summed E-state index contributed by atoms with van der Waals surface area (Å²) >= 11 is 0. The molecule has 0 radical (unpaired) electrons. The number of nitrogens with one attached hydrogen (secondary N) is 2. The number of carbonyl (C=O) groups is 1. The van der Waals surface area contributed by atoms with E-state index in [2.05, 4.69) is 29.6 Å². The molecular weight excluding hydrogens is 297 g/mol. The average molecular weight is 326 g/mol. The summed E-state index contributed by atoms with van der Waals surface area (Å²) in [5.74, 6) is 0.426. The second-order valence-corrected chi connectivity index (χ2v) is 6.09. The zero-order valence-electron chi connectivity index (χ0n) is 12.6. The number of halogens is 2. The molecule has 2 N–H and O–H groups in total. The maximum atomic E-state index is 12.2. The molecule has 1 aliphatic carbocycles. The smallest absolute Gasteiger partial charge is 0.224 e. The number of hydrogen-bond acceptors (Lipinski definition) is 3. The quantitative estimate of drug-likeness (QED) is 0.828. The van der Waals surface area contributed by atoms with Gasteiger partial charge in [-0.1, -0.05) is 12.8 Å². The lowest BCUT2D eigenvalue weighted by atomic mass is 9.94. The van der Waals surface area contributed by atoms with E-state index in [-0.39, 0.29) is 42.2 Å². The Balaban J connectivity index is 0.00000180. The van der Waals surface area contributed by atoms with Crippen LogP contribution in [0, 0.1) is 5.92 Å². The zero-order chi connectivity index (χ0) is 13.0. The number of likely N-dealkylation sites (N-methyl/N-ethyl adjacent to an activating group) is 1. The standard InChI is InChI=1S/C14H27N3O.2ClH/c1-17(2)14(7-3-4-8-14)11-16-13(18)12-6-5-9-15-10-12;;/h12,15H,3-11H2,1-2H3,(H,16,18);2*1H/t12-;;/m1../s1. The lowest BCUT2D eigenvalue weighted by Crippen LogP contribution is -2.52. The van der Waals surface area contributed by atoms with Gasteiger partial charge in [-0.25, -0.2) is 0 Å². The number of piperidine rings is 1. The van der Waals surface area contributed by atoms with Crippen LogP contribution in [0.15, 0.2) is 0 Å². The van der Waals surface area contributed by atoms with Gasteiger partial charge in [0.15, 0.2) is 0 Å². The van der Waals surface area contributed by atoms with E-state index in [4.69, 9.17) is 0 Å². The Kier molecular flexibility index (Phi) is 9.07. The van der Waals surface area contributed by atoms with Gasteiger partial charge in [-0.2, -0.15) is 0 Å². The lowest BCUT2D eigenvalue weighted by molar-refractivity contribution is -0.126. The molecule has 0 aromatic heterocycles. The Hall–Kier alpha value is -0.0300. The van der Waals surface area contributed by atoms with Crippen molar-refractivity contribution in [2.75, 3.05) is 33.7 Å². The zero-order valence-corrected chi connectivity index (χ0v) is 14.2. The molecule has 1 atom stereocenters. The van der Waals surface area contributed by atoms with Crippen molar-refractivity contribution in [2.45, 2.75) is 44.1 Å². The Morgan fingerprint density at radius 2 is 1.90 bits per heavy atom. The number of nitrogens with zero attached hydrogens (tertiary/aromatic N) is 1. The molecule has 0 aromatic rings. The van der Waals surface area contributed by atoms with Gasteiger partial charge in [-0.15, -0.1) is 24.8 Å². The Morgan fingerprint density at radius 3 is 2.40 bits per heavy atom. The van der Waals surface area contributed by atoms with Crippen molar-refractivity contribution < 1.29 is 4.79 Å². The highest BCUT2D eigenvalue weighted by Gasteiger charge is 2.36. The highest BCUT2D eigenvalue weighted by Crippen LogP contribution is 2.33. The van der Waals surface area contributed by atoms with E-state index in [1.807, 2.05) is 0 Å². The van der Waals surface area contributed by atoms with Crippen molar-refractivity contribution in [3.63, 3.8) is 0 Å². The molecular formula is C14H29Cl2N3O. The van der Waals surface area contributed by atoms with Crippen LogP contribution in [-0.4, -0.2) is 50.1 Å². The molecule has 6 heteroatoms. The largest absolute Gasteiger partial charge is 0.354 e. The van der Waals surface area contributed by atoms with Crippen LogP contribution >= 0.6 is 24.8 Å². The number of amides is 1. The van der Waals surface area contributed by atoms with Crippen LogP contribution in [0.5, 0.6) is 0 Å². The topological polar surface area (TPSA) is 44.4 Å². The van der Waals surface area contributed by atoms with Crippen molar-refractivity contribution in [3.05, 3.63) is 0 Å². The number of hydrogen-bond donors (Lipinski definition) is 2. The Morgan fingerprint density at radius 1 is 1.25 bits per heavy atom.